The lowest BCUT2D eigenvalue weighted by atomic mass is 10.2. The van der Waals surface area contributed by atoms with Gasteiger partial charge in [0.25, 0.3) is 0 Å². The molecule has 0 aliphatic rings. The molecule has 0 saturated carbocycles. The van der Waals surface area contributed by atoms with Gasteiger partial charge in [-0.3, -0.25) is 0 Å². The van der Waals surface area contributed by atoms with E-state index in [4.69, 9.17) is 9.47 Å². The summed E-state index contributed by atoms with van der Waals surface area (Å²) in [6, 6.07) is 12.5. The molecule has 0 bridgehead atoms. The Morgan fingerprint density at radius 1 is 1.14 bits per heavy atom. The molecule has 36 heavy (non-hydrogen) atoms. The van der Waals surface area contributed by atoms with Crippen molar-refractivity contribution >= 4 is 51.6 Å². The molecule has 0 unspecified atom stereocenters. The molecule has 9 nitrogen and oxygen atoms in total. The molecule has 0 radical (unpaired) electrons. The number of halogens is 1. The number of carbonyl (C=O) groups excluding carboxylic acids is 1. The van der Waals surface area contributed by atoms with Crippen LogP contribution in [-0.2, 0) is 5.75 Å². The minimum absolute atomic E-state index is 0.0323. The minimum Gasteiger partial charge on any atom is -0.421 e. The van der Waals surface area contributed by atoms with Gasteiger partial charge < -0.3 is 19.8 Å². The smallest absolute Gasteiger partial charge is 0.412 e. The van der Waals surface area contributed by atoms with Crippen LogP contribution in [0.3, 0.4) is 0 Å². The summed E-state index contributed by atoms with van der Waals surface area (Å²) >= 11 is 2.87. The van der Waals surface area contributed by atoms with Crippen molar-refractivity contribution in [3.8, 4) is 17.5 Å². The van der Waals surface area contributed by atoms with E-state index in [1.165, 1.54) is 36.6 Å². The van der Waals surface area contributed by atoms with Gasteiger partial charge in [0.1, 0.15) is 16.5 Å². The Morgan fingerprint density at radius 3 is 2.64 bits per heavy atom. The predicted octanol–water partition coefficient (Wildman–Crippen LogP) is 5.56. The molecule has 3 heterocycles. The molecule has 2 aromatic carbocycles. The molecule has 0 spiro atoms. The molecule has 0 aliphatic heterocycles. The van der Waals surface area contributed by atoms with E-state index in [1.54, 1.807) is 12.4 Å². The van der Waals surface area contributed by atoms with Gasteiger partial charge >= 0.3 is 12.1 Å². The molecule has 0 atom stereocenters. The zero-order valence-corrected chi connectivity index (χ0v) is 20.7. The number of H-pyrrole nitrogens is 1. The number of nitrogens with one attached hydrogen (secondary N) is 2. The molecule has 182 valence electrons. The first-order valence-corrected chi connectivity index (χ1v) is 12.9. The normalized spacial score (nSPS) is 11.1. The van der Waals surface area contributed by atoms with Crippen LogP contribution in [0.5, 0.6) is 17.5 Å². The highest BCUT2D eigenvalue weighted by Gasteiger charge is 2.20. The first-order valence-electron chi connectivity index (χ1n) is 10.7. The van der Waals surface area contributed by atoms with Crippen molar-refractivity contribution in [3.63, 3.8) is 0 Å². The van der Waals surface area contributed by atoms with E-state index in [9.17, 15) is 9.18 Å². The number of rotatable bonds is 7. The van der Waals surface area contributed by atoms with Crippen LogP contribution in [0.15, 0.2) is 65.0 Å². The van der Waals surface area contributed by atoms with Gasteiger partial charge in [-0.15, -0.1) is 11.8 Å². The zero-order chi connectivity index (χ0) is 25.1. The highest BCUT2D eigenvalue weighted by atomic mass is 32.2. The summed E-state index contributed by atoms with van der Waals surface area (Å²) < 4.78 is 25.7. The van der Waals surface area contributed by atoms with Gasteiger partial charge in [-0.25, -0.2) is 19.2 Å². The predicted molar refractivity (Wildman–Crippen MR) is 136 cm³/mol. The Hall–Kier alpha value is -3.90. The van der Waals surface area contributed by atoms with E-state index in [-0.39, 0.29) is 11.8 Å². The molecule has 5 aromatic rings. The summed E-state index contributed by atoms with van der Waals surface area (Å²) in [5, 5.41) is 4.62. The number of thioether (sulfide) groups is 2. The van der Waals surface area contributed by atoms with Crippen LogP contribution in [0, 0.1) is 5.82 Å². The van der Waals surface area contributed by atoms with Crippen LogP contribution in [0.1, 0.15) is 5.56 Å². The largest absolute Gasteiger partial charge is 0.421 e. The fourth-order valence-corrected chi connectivity index (χ4v) is 4.76. The summed E-state index contributed by atoms with van der Waals surface area (Å²) in [6.07, 6.45) is 4.24. The second-order valence-electron chi connectivity index (χ2n) is 7.41. The minimum atomic E-state index is -0.719. The van der Waals surface area contributed by atoms with Crippen molar-refractivity contribution in [1.29, 1.82) is 0 Å². The molecule has 3 aromatic heterocycles. The third-order valence-electron chi connectivity index (χ3n) is 5.06. The Bertz CT molecular complexity index is 1550. The van der Waals surface area contributed by atoms with E-state index in [1.807, 2.05) is 36.6 Å². The van der Waals surface area contributed by atoms with Crippen LogP contribution >= 0.6 is 23.5 Å². The average molecular weight is 523 g/mol. The van der Waals surface area contributed by atoms with Crippen LogP contribution in [0.4, 0.5) is 9.18 Å². The highest BCUT2D eigenvalue weighted by molar-refractivity contribution is 7.98. The molecule has 0 saturated heterocycles. The van der Waals surface area contributed by atoms with E-state index in [0.29, 0.717) is 43.6 Å². The summed E-state index contributed by atoms with van der Waals surface area (Å²) in [7, 11) is 1.42. The molecule has 0 fully saturated rings. The van der Waals surface area contributed by atoms with Crippen LogP contribution in [-0.4, -0.2) is 44.3 Å². The van der Waals surface area contributed by atoms with E-state index in [2.05, 4.69) is 30.2 Å². The van der Waals surface area contributed by atoms with Crippen molar-refractivity contribution < 1.29 is 18.7 Å². The Labute approximate surface area is 213 Å². The van der Waals surface area contributed by atoms with Gasteiger partial charge in [-0.1, -0.05) is 42.1 Å². The van der Waals surface area contributed by atoms with Gasteiger partial charge in [0, 0.05) is 24.3 Å². The van der Waals surface area contributed by atoms with Crippen molar-refractivity contribution in [2.75, 3.05) is 13.3 Å². The number of hydrogen-bond acceptors (Lipinski definition) is 9. The number of benzene rings is 2. The molecular weight excluding hydrogens is 503 g/mol. The summed E-state index contributed by atoms with van der Waals surface area (Å²) in [5.41, 5.74) is 1.91. The maximum absolute atomic E-state index is 14.6. The van der Waals surface area contributed by atoms with Gasteiger partial charge in [0.05, 0.1) is 23.3 Å². The molecule has 2 N–H and O–H groups in total. The first kappa shape index (κ1) is 23.8. The van der Waals surface area contributed by atoms with Crippen LogP contribution in [0.2, 0.25) is 0 Å². The number of ether oxygens (including phenoxy) is 2. The average Bonchev–Trinajstić information content (AvgIpc) is 3.27. The Morgan fingerprint density at radius 2 is 1.92 bits per heavy atom. The van der Waals surface area contributed by atoms with Gasteiger partial charge in [0.15, 0.2) is 16.7 Å². The standard InChI is InChI=1S/C24H19FN6O3S2/c1-26-24(32)34-17-9-14(25)8-16-18-20(29-19(16)17)30-22(33-15-10-27-23(35-2)28-11-15)31-21(18)36-12-13-6-4-3-5-7-13/h3-11H,12H2,1-2H3,(H,26,32)(H,29,30,31). The molecule has 0 aliphatic carbocycles. The lowest BCUT2D eigenvalue weighted by Crippen LogP contribution is -2.22. The third-order valence-corrected chi connectivity index (χ3v) is 6.68. The monoisotopic (exact) mass is 522 g/mol. The molecule has 12 heteroatoms. The number of nitrogens with zero attached hydrogens (tertiary/aromatic N) is 4. The van der Waals surface area contributed by atoms with Gasteiger partial charge in [0.2, 0.25) is 0 Å². The molecule has 1 amide bonds. The molecule has 5 rings (SSSR count). The number of fused-ring (bicyclic) bond motifs is 3. The number of aromatic amines is 1. The maximum Gasteiger partial charge on any atom is 0.412 e. The lowest BCUT2D eigenvalue weighted by Gasteiger charge is -2.08. The van der Waals surface area contributed by atoms with Crippen molar-refractivity contribution in [2.24, 2.45) is 0 Å². The molecular formula is C24H19FN6O3S2. The summed E-state index contributed by atoms with van der Waals surface area (Å²) in [6.45, 7) is 0. The topological polar surface area (TPSA) is 115 Å². The van der Waals surface area contributed by atoms with Crippen LogP contribution < -0.4 is 14.8 Å². The van der Waals surface area contributed by atoms with Crippen molar-refractivity contribution in [1.82, 2.24) is 30.2 Å². The lowest BCUT2D eigenvalue weighted by molar-refractivity contribution is 0.203. The Balaban J connectivity index is 1.62. The Kier molecular flexibility index (Phi) is 6.87. The summed E-state index contributed by atoms with van der Waals surface area (Å²) in [5.74, 6) is 0.455. The number of aromatic nitrogens is 5. The maximum atomic E-state index is 14.6. The number of hydrogen-bond donors (Lipinski definition) is 2. The zero-order valence-electron chi connectivity index (χ0n) is 19.1. The van der Waals surface area contributed by atoms with Crippen molar-refractivity contribution in [2.45, 2.75) is 15.9 Å². The fraction of sp³-hybridized carbons (Fsp3) is 0.125. The summed E-state index contributed by atoms with van der Waals surface area (Å²) in [4.78, 5) is 32.5. The highest BCUT2D eigenvalue weighted by Crippen LogP contribution is 2.39. The van der Waals surface area contributed by atoms with E-state index < -0.39 is 11.9 Å². The number of amides is 1. The van der Waals surface area contributed by atoms with Crippen molar-refractivity contribution in [3.05, 3.63) is 66.2 Å². The number of carbonyl (C=O) groups is 1. The van der Waals surface area contributed by atoms with Crippen LogP contribution in [0.25, 0.3) is 21.9 Å². The quantitative estimate of drug-likeness (QED) is 0.161. The first-order chi connectivity index (χ1) is 17.5. The van der Waals surface area contributed by atoms with E-state index in [0.717, 1.165) is 11.6 Å². The van der Waals surface area contributed by atoms with Gasteiger partial charge in [-0.05, 0) is 17.9 Å². The fourth-order valence-electron chi connectivity index (χ4n) is 3.46. The third kappa shape index (κ3) is 5.04. The SMILES string of the molecule is CNC(=O)Oc1cc(F)cc2c1[nH]c1nc(Oc3cnc(SC)nc3)nc(SCc3ccccc3)c12. The second-order valence-corrected chi connectivity index (χ2v) is 9.15. The second kappa shape index (κ2) is 10.4. The van der Waals surface area contributed by atoms with Gasteiger partial charge in [-0.2, -0.15) is 9.97 Å². The van der Waals surface area contributed by atoms with E-state index >= 15 is 0 Å².